The van der Waals surface area contributed by atoms with Gasteiger partial charge in [0.2, 0.25) is 0 Å². The van der Waals surface area contributed by atoms with Crippen molar-refractivity contribution in [3.05, 3.63) is 12.7 Å². The Morgan fingerprint density at radius 1 is 1.83 bits per heavy atom. The second-order valence-corrected chi connectivity index (χ2v) is 3.55. The molecule has 1 saturated heterocycles. The molecule has 4 heteroatoms. The molecule has 1 aliphatic heterocycles. The molecule has 0 saturated carbocycles. The van der Waals surface area contributed by atoms with Crippen LogP contribution in [0.25, 0.3) is 0 Å². The van der Waals surface area contributed by atoms with Crippen LogP contribution in [0, 0.1) is 0 Å². The minimum atomic E-state index is -0.349. The lowest BCUT2D eigenvalue weighted by Crippen LogP contribution is -2.04. The molecule has 0 bridgehead atoms. The summed E-state index contributed by atoms with van der Waals surface area (Å²) in [6.45, 7) is 4.65. The molecule has 12 heavy (non-hydrogen) atoms. The maximum Gasteiger partial charge on any atom is 0.330 e. The predicted molar refractivity (Wildman–Crippen MR) is 48.2 cm³/mol. The van der Waals surface area contributed by atoms with Crippen molar-refractivity contribution >= 4 is 17.7 Å². The minimum absolute atomic E-state index is 0.349. The van der Waals surface area contributed by atoms with E-state index in [0.717, 1.165) is 18.1 Å². The molecule has 1 aliphatic rings. The highest BCUT2D eigenvalue weighted by Gasteiger charge is 2.21. The van der Waals surface area contributed by atoms with Crippen LogP contribution >= 0.6 is 11.8 Å². The fraction of sp³-hybridized carbons (Fsp3) is 0.625. The highest BCUT2D eigenvalue weighted by Crippen LogP contribution is 2.15. The summed E-state index contributed by atoms with van der Waals surface area (Å²) >= 11 is 1.74. The standard InChI is InChI=1S/C8H12O3S/c1-2-8(9)10-3-4-12-6-7-5-11-7/h2,7H,1,3-6H2. The van der Waals surface area contributed by atoms with Gasteiger partial charge in [-0.25, -0.2) is 4.79 Å². The van der Waals surface area contributed by atoms with Crippen LogP contribution in [-0.4, -0.2) is 36.8 Å². The third-order valence-electron chi connectivity index (χ3n) is 1.34. The van der Waals surface area contributed by atoms with Crippen molar-refractivity contribution in [2.75, 3.05) is 24.7 Å². The monoisotopic (exact) mass is 188 g/mol. The Kier molecular flexibility index (Phi) is 4.18. The summed E-state index contributed by atoms with van der Waals surface area (Å²) in [6, 6.07) is 0. The highest BCUT2D eigenvalue weighted by molar-refractivity contribution is 7.99. The third-order valence-corrected chi connectivity index (χ3v) is 2.41. The normalized spacial score (nSPS) is 20.2. The lowest BCUT2D eigenvalue weighted by molar-refractivity contribution is -0.137. The summed E-state index contributed by atoms with van der Waals surface area (Å²) in [5.41, 5.74) is 0. The van der Waals surface area contributed by atoms with Crippen molar-refractivity contribution in [2.24, 2.45) is 0 Å². The van der Waals surface area contributed by atoms with Gasteiger partial charge in [0.05, 0.1) is 12.7 Å². The molecule has 1 fully saturated rings. The zero-order valence-electron chi connectivity index (χ0n) is 6.82. The highest BCUT2D eigenvalue weighted by atomic mass is 32.2. The van der Waals surface area contributed by atoms with E-state index in [1.54, 1.807) is 11.8 Å². The first-order valence-corrected chi connectivity index (χ1v) is 4.97. The second kappa shape index (κ2) is 5.22. The number of esters is 1. The molecular weight excluding hydrogens is 176 g/mol. The van der Waals surface area contributed by atoms with E-state index in [9.17, 15) is 4.79 Å². The maximum atomic E-state index is 10.5. The summed E-state index contributed by atoms with van der Waals surface area (Å²) < 4.78 is 9.79. The van der Waals surface area contributed by atoms with Gasteiger partial charge in [-0.2, -0.15) is 11.8 Å². The van der Waals surface area contributed by atoms with Crippen LogP contribution in [0.2, 0.25) is 0 Å². The molecule has 1 atom stereocenters. The first-order valence-electron chi connectivity index (χ1n) is 3.81. The van der Waals surface area contributed by atoms with Gasteiger partial charge in [0, 0.05) is 17.6 Å². The Bertz CT molecular complexity index is 166. The van der Waals surface area contributed by atoms with E-state index in [2.05, 4.69) is 6.58 Å². The Morgan fingerprint density at radius 2 is 2.58 bits per heavy atom. The van der Waals surface area contributed by atoms with Crippen LogP contribution in [0.3, 0.4) is 0 Å². The fourth-order valence-corrected chi connectivity index (χ4v) is 1.46. The van der Waals surface area contributed by atoms with E-state index in [1.807, 2.05) is 0 Å². The van der Waals surface area contributed by atoms with E-state index in [0.29, 0.717) is 12.7 Å². The number of epoxide rings is 1. The summed E-state index contributed by atoms with van der Waals surface area (Å²) in [4.78, 5) is 10.5. The number of hydrogen-bond donors (Lipinski definition) is 0. The minimum Gasteiger partial charge on any atom is -0.462 e. The predicted octanol–water partition coefficient (Wildman–Crippen LogP) is 0.848. The Labute approximate surface area is 76.1 Å². The molecule has 3 nitrogen and oxygen atoms in total. The molecule has 68 valence electrons. The van der Waals surface area contributed by atoms with Gasteiger partial charge < -0.3 is 9.47 Å². The van der Waals surface area contributed by atoms with Crippen LogP contribution in [-0.2, 0) is 14.3 Å². The molecule has 1 heterocycles. The van der Waals surface area contributed by atoms with Crippen LogP contribution in [0.4, 0.5) is 0 Å². The van der Waals surface area contributed by atoms with E-state index in [4.69, 9.17) is 9.47 Å². The van der Waals surface area contributed by atoms with E-state index < -0.39 is 0 Å². The average molecular weight is 188 g/mol. The van der Waals surface area contributed by atoms with Crippen LogP contribution in [0.1, 0.15) is 0 Å². The topological polar surface area (TPSA) is 38.8 Å². The molecule has 0 aromatic carbocycles. The summed E-state index contributed by atoms with van der Waals surface area (Å²) in [7, 11) is 0. The average Bonchev–Trinajstić information content (AvgIpc) is 2.87. The zero-order valence-corrected chi connectivity index (χ0v) is 7.64. The SMILES string of the molecule is C=CC(=O)OCCSCC1CO1. The van der Waals surface area contributed by atoms with Gasteiger partial charge in [0.25, 0.3) is 0 Å². The van der Waals surface area contributed by atoms with Crippen LogP contribution in [0.15, 0.2) is 12.7 Å². The smallest absolute Gasteiger partial charge is 0.330 e. The molecule has 1 unspecified atom stereocenters. The number of rotatable bonds is 6. The molecule has 0 N–H and O–H groups in total. The molecule has 0 amide bonds. The van der Waals surface area contributed by atoms with E-state index in [-0.39, 0.29) is 5.97 Å². The first-order chi connectivity index (χ1) is 5.83. The van der Waals surface area contributed by atoms with Crippen molar-refractivity contribution in [1.82, 2.24) is 0 Å². The zero-order chi connectivity index (χ0) is 8.81. The summed E-state index contributed by atoms with van der Waals surface area (Å²) in [5, 5.41) is 0. The number of hydrogen-bond acceptors (Lipinski definition) is 4. The Morgan fingerprint density at radius 3 is 3.17 bits per heavy atom. The quantitative estimate of drug-likeness (QED) is 0.268. The lowest BCUT2D eigenvalue weighted by Gasteiger charge is -1.99. The van der Waals surface area contributed by atoms with Crippen molar-refractivity contribution in [3.8, 4) is 0 Å². The van der Waals surface area contributed by atoms with Gasteiger partial charge in [0.15, 0.2) is 0 Å². The Balaban J connectivity index is 1.81. The molecular formula is C8H12O3S. The van der Waals surface area contributed by atoms with Crippen molar-refractivity contribution in [3.63, 3.8) is 0 Å². The van der Waals surface area contributed by atoms with Crippen molar-refractivity contribution < 1.29 is 14.3 Å². The third kappa shape index (κ3) is 4.41. The fourth-order valence-electron chi connectivity index (χ4n) is 0.639. The van der Waals surface area contributed by atoms with Crippen LogP contribution < -0.4 is 0 Å². The van der Waals surface area contributed by atoms with Gasteiger partial charge in [-0.3, -0.25) is 0 Å². The summed E-state index contributed by atoms with van der Waals surface area (Å²) in [6.07, 6.45) is 1.62. The largest absolute Gasteiger partial charge is 0.462 e. The van der Waals surface area contributed by atoms with E-state index in [1.165, 1.54) is 6.08 Å². The number of thioether (sulfide) groups is 1. The van der Waals surface area contributed by atoms with E-state index >= 15 is 0 Å². The van der Waals surface area contributed by atoms with Gasteiger partial charge in [-0.15, -0.1) is 0 Å². The summed E-state index contributed by atoms with van der Waals surface area (Å²) in [5.74, 6) is 1.49. The van der Waals surface area contributed by atoms with Crippen molar-refractivity contribution in [2.45, 2.75) is 6.10 Å². The molecule has 0 aromatic heterocycles. The van der Waals surface area contributed by atoms with Gasteiger partial charge in [-0.1, -0.05) is 6.58 Å². The second-order valence-electron chi connectivity index (χ2n) is 2.40. The molecule has 0 aliphatic carbocycles. The number of carbonyl (C=O) groups is 1. The maximum absolute atomic E-state index is 10.5. The molecule has 1 rings (SSSR count). The number of carbonyl (C=O) groups excluding carboxylic acids is 1. The molecule has 0 spiro atoms. The lowest BCUT2D eigenvalue weighted by atomic mass is 10.6. The molecule has 0 aromatic rings. The van der Waals surface area contributed by atoms with Crippen molar-refractivity contribution in [1.29, 1.82) is 0 Å². The van der Waals surface area contributed by atoms with Gasteiger partial charge >= 0.3 is 5.97 Å². The first kappa shape index (κ1) is 9.61. The van der Waals surface area contributed by atoms with Crippen LogP contribution in [0.5, 0.6) is 0 Å². The van der Waals surface area contributed by atoms with Gasteiger partial charge in [-0.05, 0) is 0 Å². The van der Waals surface area contributed by atoms with Gasteiger partial charge in [0.1, 0.15) is 6.61 Å². The number of ether oxygens (including phenoxy) is 2. The Hall–Kier alpha value is -0.480. The molecule has 0 radical (unpaired) electrons.